The first-order valence-electron chi connectivity index (χ1n) is 12.8. The molecular formula is C27H31N3O6S3. The normalized spacial score (nSPS) is 13.6. The number of carbonyl (C=O) groups is 4. The first kappa shape index (κ1) is 29.0. The minimum absolute atomic E-state index is 0.0320. The van der Waals surface area contributed by atoms with Gasteiger partial charge in [-0.3, -0.25) is 9.59 Å². The molecule has 0 fully saturated rings. The van der Waals surface area contributed by atoms with Crippen molar-refractivity contribution in [1.29, 1.82) is 0 Å². The fourth-order valence-corrected chi connectivity index (χ4v) is 7.53. The van der Waals surface area contributed by atoms with Gasteiger partial charge in [0.2, 0.25) is 5.91 Å². The van der Waals surface area contributed by atoms with Crippen LogP contribution < -0.4 is 10.1 Å². The number of nitrogens with zero attached hydrogens (tertiary/aromatic N) is 2. The number of amides is 2. The van der Waals surface area contributed by atoms with Crippen LogP contribution in [0.2, 0.25) is 0 Å². The number of hydrogen-bond acceptors (Lipinski definition) is 9. The number of thiophene rings is 1. The fraction of sp³-hybridized carbons (Fsp3) is 0.444. The maximum absolute atomic E-state index is 12.7. The summed E-state index contributed by atoms with van der Waals surface area (Å²) in [6.07, 6.45) is 4.88. The highest BCUT2D eigenvalue weighted by Gasteiger charge is 2.26. The molecule has 2 aromatic heterocycles. The molecule has 1 aliphatic carbocycles. The summed E-state index contributed by atoms with van der Waals surface area (Å²) in [6, 6.07) is 5.28. The Labute approximate surface area is 238 Å². The Morgan fingerprint density at radius 3 is 2.59 bits per heavy atom. The van der Waals surface area contributed by atoms with Crippen molar-refractivity contribution in [1.82, 2.24) is 4.57 Å². The van der Waals surface area contributed by atoms with Crippen LogP contribution in [0.5, 0.6) is 0 Å². The molecule has 0 radical (unpaired) electrons. The highest BCUT2D eigenvalue weighted by atomic mass is 32.2. The van der Waals surface area contributed by atoms with Gasteiger partial charge in [0.1, 0.15) is 5.00 Å². The number of fused-ring (bicyclic) bond motifs is 2. The Kier molecular flexibility index (Phi) is 9.98. The van der Waals surface area contributed by atoms with Gasteiger partial charge < -0.3 is 19.4 Å². The van der Waals surface area contributed by atoms with Crippen LogP contribution in [-0.2, 0) is 38.4 Å². The number of anilines is 1. The lowest BCUT2D eigenvalue weighted by Crippen LogP contribution is -2.18. The van der Waals surface area contributed by atoms with Gasteiger partial charge in [0.05, 0.1) is 46.6 Å². The van der Waals surface area contributed by atoms with Gasteiger partial charge in [-0.1, -0.05) is 17.8 Å². The zero-order chi connectivity index (χ0) is 27.9. The fourth-order valence-electron chi connectivity index (χ4n) is 4.49. The molecule has 9 nitrogen and oxygen atoms in total. The predicted molar refractivity (Wildman–Crippen MR) is 155 cm³/mol. The first-order chi connectivity index (χ1) is 18.9. The van der Waals surface area contributed by atoms with Crippen LogP contribution in [0.3, 0.4) is 0 Å². The Morgan fingerprint density at radius 2 is 1.85 bits per heavy atom. The second-order valence-electron chi connectivity index (χ2n) is 8.84. The minimum Gasteiger partial charge on any atom is -0.465 e. The highest BCUT2D eigenvalue weighted by molar-refractivity contribution is 8.00. The van der Waals surface area contributed by atoms with Gasteiger partial charge in [0.25, 0.3) is 5.91 Å². The quantitative estimate of drug-likeness (QED) is 0.281. The van der Waals surface area contributed by atoms with E-state index in [0.29, 0.717) is 34.1 Å². The molecule has 208 valence electrons. The zero-order valence-corrected chi connectivity index (χ0v) is 24.6. The van der Waals surface area contributed by atoms with Crippen molar-refractivity contribution in [3.8, 4) is 0 Å². The molecule has 1 aromatic carbocycles. The molecule has 0 spiro atoms. The largest absolute Gasteiger partial charge is 0.465 e. The Hall–Kier alpha value is -2.96. The number of aryl methyl sites for hydroxylation is 2. The van der Waals surface area contributed by atoms with E-state index >= 15 is 0 Å². The number of benzene rings is 1. The summed E-state index contributed by atoms with van der Waals surface area (Å²) < 4.78 is 12.8. The molecule has 2 amide bonds. The van der Waals surface area contributed by atoms with E-state index in [0.717, 1.165) is 52.8 Å². The summed E-state index contributed by atoms with van der Waals surface area (Å²) in [5, 5.41) is 3.38. The van der Waals surface area contributed by atoms with Gasteiger partial charge in [0.15, 0.2) is 4.80 Å². The molecule has 0 atom stereocenters. The van der Waals surface area contributed by atoms with Gasteiger partial charge >= 0.3 is 11.9 Å². The molecule has 1 N–H and O–H groups in total. The summed E-state index contributed by atoms with van der Waals surface area (Å²) in [4.78, 5) is 55.8. The lowest BCUT2D eigenvalue weighted by Gasteiger charge is -2.07. The van der Waals surface area contributed by atoms with Crippen LogP contribution in [0.25, 0.3) is 10.2 Å². The van der Waals surface area contributed by atoms with Crippen LogP contribution >= 0.6 is 34.4 Å². The number of carbonyl (C=O) groups excluding carboxylic acids is 4. The molecule has 1 aliphatic rings. The monoisotopic (exact) mass is 589 g/mol. The van der Waals surface area contributed by atoms with Crippen LogP contribution in [-0.4, -0.2) is 53.5 Å². The third kappa shape index (κ3) is 6.79. The van der Waals surface area contributed by atoms with Crippen molar-refractivity contribution in [2.24, 2.45) is 4.99 Å². The van der Waals surface area contributed by atoms with E-state index in [1.54, 1.807) is 19.1 Å². The van der Waals surface area contributed by atoms with Crippen molar-refractivity contribution in [2.45, 2.75) is 52.5 Å². The van der Waals surface area contributed by atoms with E-state index in [-0.39, 0.29) is 23.3 Å². The Morgan fingerprint density at radius 1 is 1.05 bits per heavy atom. The van der Waals surface area contributed by atoms with Crippen molar-refractivity contribution >= 4 is 73.4 Å². The van der Waals surface area contributed by atoms with Crippen molar-refractivity contribution < 1.29 is 28.7 Å². The molecular weight excluding hydrogens is 559 g/mol. The molecule has 4 rings (SSSR count). The molecule has 3 aromatic rings. The second-order valence-corrected chi connectivity index (χ2v) is 11.9. The van der Waals surface area contributed by atoms with E-state index in [1.807, 2.05) is 17.6 Å². The predicted octanol–water partition coefficient (Wildman–Crippen LogP) is 4.82. The molecule has 12 heteroatoms. The number of hydrogen-bond donors (Lipinski definition) is 1. The SMILES string of the molecule is CCOC(=O)c1ccc2c(c1)sc(=NC(=O)CSCC(=O)Nc1sc3c(c1C(=O)OC)CCCCC3)n2CC. The molecule has 0 saturated heterocycles. The first-order valence-corrected chi connectivity index (χ1v) is 15.6. The molecule has 2 heterocycles. The number of methoxy groups -OCH3 is 1. The molecule has 0 unspecified atom stereocenters. The lowest BCUT2D eigenvalue weighted by molar-refractivity contribution is -0.115. The third-order valence-corrected chi connectivity index (χ3v) is 9.42. The third-order valence-electron chi connectivity index (χ3n) is 6.25. The topological polar surface area (TPSA) is 116 Å². The van der Waals surface area contributed by atoms with Gasteiger partial charge in [0, 0.05) is 11.4 Å². The smallest absolute Gasteiger partial charge is 0.341 e. The Bertz CT molecular complexity index is 1470. The van der Waals surface area contributed by atoms with Crippen molar-refractivity contribution in [3.63, 3.8) is 0 Å². The Balaban J connectivity index is 1.41. The van der Waals surface area contributed by atoms with E-state index in [4.69, 9.17) is 9.47 Å². The summed E-state index contributed by atoms with van der Waals surface area (Å²) >= 11 is 3.93. The van der Waals surface area contributed by atoms with E-state index < -0.39 is 11.9 Å². The van der Waals surface area contributed by atoms with Crippen molar-refractivity contribution in [3.05, 3.63) is 44.6 Å². The number of aromatic nitrogens is 1. The minimum atomic E-state index is -0.437. The number of rotatable bonds is 9. The maximum atomic E-state index is 12.7. The highest BCUT2D eigenvalue weighted by Crippen LogP contribution is 2.38. The van der Waals surface area contributed by atoms with Crippen LogP contribution in [0, 0.1) is 0 Å². The number of ether oxygens (including phenoxy) is 2. The van der Waals surface area contributed by atoms with Crippen LogP contribution in [0.15, 0.2) is 23.2 Å². The maximum Gasteiger partial charge on any atom is 0.341 e. The standard InChI is InChI=1S/C27H31N3O6S3/c1-4-30-18-12-11-16(25(33)36-5-2)13-20(18)39-27(30)29-22(32)15-37-14-21(31)28-24-23(26(34)35-3)17-9-7-6-8-10-19(17)38-24/h11-13H,4-10,14-15H2,1-3H3,(H,28,31). The summed E-state index contributed by atoms with van der Waals surface area (Å²) in [5.41, 5.74) is 2.78. The van der Waals surface area contributed by atoms with Gasteiger partial charge in [-0.2, -0.15) is 4.99 Å². The van der Waals surface area contributed by atoms with E-state index in [1.165, 1.54) is 41.5 Å². The summed E-state index contributed by atoms with van der Waals surface area (Å²) in [6.45, 7) is 4.61. The molecule has 39 heavy (non-hydrogen) atoms. The van der Waals surface area contributed by atoms with Crippen LogP contribution in [0.1, 0.15) is 64.3 Å². The average molecular weight is 590 g/mol. The van der Waals surface area contributed by atoms with E-state index in [9.17, 15) is 19.2 Å². The van der Waals surface area contributed by atoms with Gasteiger partial charge in [-0.15, -0.1) is 23.1 Å². The van der Waals surface area contributed by atoms with E-state index in [2.05, 4.69) is 10.3 Å². The number of nitrogens with one attached hydrogen (secondary N) is 1. The molecule has 0 bridgehead atoms. The molecule has 0 aliphatic heterocycles. The lowest BCUT2D eigenvalue weighted by atomic mass is 10.1. The summed E-state index contributed by atoms with van der Waals surface area (Å²) in [5.74, 6) is -1.39. The number of thiazole rings is 1. The van der Waals surface area contributed by atoms with Gasteiger partial charge in [-0.05, 0) is 63.3 Å². The van der Waals surface area contributed by atoms with Crippen LogP contribution in [0.4, 0.5) is 5.00 Å². The molecule has 0 saturated carbocycles. The number of esters is 2. The number of thioether (sulfide) groups is 1. The second kappa shape index (κ2) is 13.4. The van der Waals surface area contributed by atoms with Crippen molar-refractivity contribution in [2.75, 3.05) is 30.5 Å². The average Bonchev–Trinajstić information content (AvgIpc) is 3.34. The zero-order valence-electron chi connectivity index (χ0n) is 22.2. The van der Waals surface area contributed by atoms with Gasteiger partial charge in [-0.25, -0.2) is 9.59 Å². The summed E-state index contributed by atoms with van der Waals surface area (Å²) in [7, 11) is 1.35.